The molecule has 180 valence electrons. The third-order valence-corrected chi connectivity index (χ3v) is 6.61. The fourth-order valence-electron chi connectivity index (χ4n) is 3.15. The van der Waals surface area contributed by atoms with Gasteiger partial charge in [0.05, 0.1) is 17.0 Å². The third-order valence-electron chi connectivity index (χ3n) is 4.93. The van der Waals surface area contributed by atoms with Crippen LogP contribution in [-0.4, -0.2) is 50.0 Å². The van der Waals surface area contributed by atoms with Gasteiger partial charge in [0.2, 0.25) is 21.8 Å². The molecule has 2 aromatic rings. The van der Waals surface area contributed by atoms with Crippen LogP contribution in [-0.2, 0) is 26.2 Å². The molecule has 2 aromatic carbocycles. The quantitative estimate of drug-likeness (QED) is 0.548. The van der Waals surface area contributed by atoms with Gasteiger partial charge in [0, 0.05) is 17.6 Å². The average Bonchev–Trinajstić information content (AvgIpc) is 2.71. The molecule has 0 heterocycles. The van der Waals surface area contributed by atoms with E-state index in [-0.39, 0.29) is 34.2 Å². The first-order valence-corrected chi connectivity index (χ1v) is 13.0. The Kier molecular flexibility index (Phi) is 9.17. The van der Waals surface area contributed by atoms with Crippen molar-refractivity contribution in [3.8, 4) is 0 Å². The van der Waals surface area contributed by atoms with E-state index >= 15 is 0 Å². The predicted molar refractivity (Wildman–Crippen MR) is 133 cm³/mol. The standard InChI is InChI=1S/C23H29Cl2N3O4S/c1-15(2)26-23(30)17(4)27(13-18-8-6-16(3)7-9-18)22(29)14-28(33(5,31)32)21-12-19(24)10-11-20(21)25/h6-12,15,17H,13-14H2,1-5H3,(H,26,30). The summed E-state index contributed by atoms with van der Waals surface area (Å²) in [6.07, 6.45) is 0.983. The first kappa shape index (κ1) is 27.0. The van der Waals surface area contributed by atoms with Crippen LogP contribution in [0.1, 0.15) is 31.9 Å². The maximum atomic E-state index is 13.4. The minimum absolute atomic E-state index is 0.0922. The zero-order chi connectivity index (χ0) is 24.9. The Bertz CT molecular complexity index is 1110. The maximum absolute atomic E-state index is 13.4. The van der Waals surface area contributed by atoms with Gasteiger partial charge in [-0.05, 0) is 51.5 Å². The van der Waals surface area contributed by atoms with Crippen LogP contribution in [0.5, 0.6) is 0 Å². The van der Waals surface area contributed by atoms with Crippen molar-refractivity contribution in [2.24, 2.45) is 0 Å². The summed E-state index contributed by atoms with van der Waals surface area (Å²) >= 11 is 12.3. The molecule has 2 rings (SSSR count). The van der Waals surface area contributed by atoms with Crippen molar-refractivity contribution in [2.75, 3.05) is 17.1 Å². The average molecular weight is 514 g/mol. The lowest BCUT2D eigenvalue weighted by Gasteiger charge is -2.32. The number of hydrogen-bond donors (Lipinski definition) is 1. The summed E-state index contributed by atoms with van der Waals surface area (Å²) in [4.78, 5) is 27.5. The van der Waals surface area contributed by atoms with E-state index in [1.807, 2.05) is 45.0 Å². The Balaban J connectivity index is 2.42. The summed E-state index contributed by atoms with van der Waals surface area (Å²) in [7, 11) is -3.89. The van der Waals surface area contributed by atoms with Gasteiger partial charge in [-0.1, -0.05) is 53.0 Å². The number of carbonyl (C=O) groups excluding carboxylic acids is 2. The molecule has 0 radical (unpaired) electrons. The molecule has 0 saturated carbocycles. The number of hydrogen-bond acceptors (Lipinski definition) is 4. The number of aryl methyl sites for hydroxylation is 1. The van der Waals surface area contributed by atoms with E-state index < -0.39 is 28.5 Å². The molecule has 0 saturated heterocycles. The highest BCUT2D eigenvalue weighted by Crippen LogP contribution is 2.30. The largest absolute Gasteiger partial charge is 0.352 e. The molecule has 0 aliphatic carbocycles. The highest BCUT2D eigenvalue weighted by Gasteiger charge is 2.31. The fourth-order valence-corrected chi connectivity index (χ4v) is 4.44. The molecule has 2 amide bonds. The van der Waals surface area contributed by atoms with E-state index in [0.29, 0.717) is 0 Å². The monoisotopic (exact) mass is 513 g/mol. The number of amides is 2. The van der Waals surface area contributed by atoms with Gasteiger partial charge in [0.15, 0.2) is 0 Å². The molecule has 33 heavy (non-hydrogen) atoms. The van der Waals surface area contributed by atoms with Crippen LogP contribution in [0, 0.1) is 6.92 Å². The number of halogens is 2. The van der Waals surface area contributed by atoms with Gasteiger partial charge in [-0.2, -0.15) is 0 Å². The molecule has 0 aliphatic rings. The van der Waals surface area contributed by atoms with E-state index in [9.17, 15) is 18.0 Å². The zero-order valence-corrected chi connectivity index (χ0v) is 21.6. The van der Waals surface area contributed by atoms with Gasteiger partial charge in [-0.15, -0.1) is 0 Å². The first-order valence-electron chi connectivity index (χ1n) is 10.4. The lowest BCUT2D eigenvalue weighted by molar-refractivity contribution is -0.139. The molecule has 0 spiro atoms. The number of benzene rings is 2. The van der Waals surface area contributed by atoms with Crippen molar-refractivity contribution in [1.29, 1.82) is 0 Å². The molecule has 0 fully saturated rings. The summed E-state index contributed by atoms with van der Waals surface area (Å²) in [5, 5.41) is 3.21. The van der Waals surface area contributed by atoms with Crippen molar-refractivity contribution in [2.45, 2.75) is 46.3 Å². The van der Waals surface area contributed by atoms with Crippen molar-refractivity contribution in [1.82, 2.24) is 10.2 Å². The van der Waals surface area contributed by atoms with E-state index in [4.69, 9.17) is 23.2 Å². The maximum Gasteiger partial charge on any atom is 0.244 e. The van der Waals surface area contributed by atoms with E-state index in [2.05, 4.69) is 5.32 Å². The summed E-state index contributed by atoms with van der Waals surface area (Å²) in [6, 6.07) is 11.0. The molecule has 7 nitrogen and oxygen atoms in total. The Hall–Kier alpha value is -2.29. The SMILES string of the molecule is Cc1ccc(CN(C(=O)CN(c2cc(Cl)ccc2Cl)S(C)(=O)=O)C(C)C(=O)NC(C)C)cc1. The minimum Gasteiger partial charge on any atom is -0.352 e. The van der Waals surface area contributed by atoms with Crippen molar-refractivity contribution >= 4 is 50.7 Å². The topological polar surface area (TPSA) is 86.8 Å². The molecule has 1 N–H and O–H groups in total. The summed E-state index contributed by atoms with van der Waals surface area (Å²) in [5.41, 5.74) is 1.96. The van der Waals surface area contributed by atoms with Crippen LogP contribution in [0.2, 0.25) is 10.0 Å². The van der Waals surface area contributed by atoms with Crippen molar-refractivity contribution in [3.63, 3.8) is 0 Å². The lowest BCUT2D eigenvalue weighted by atomic mass is 10.1. The van der Waals surface area contributed by atoms with Crippen molar-refractivity contribution < 1.29 is 18.0 Å². The number of nitrogens with one attached hydrogen (secondary N) is 1. The Morgan fingerprint density at radius 3 is 2.18 bits per heavy atom. The second-order valence-electron chi connectivity index (χ2n) is 8.21. The van der Waals surface area contributed by atoms with Crippen LogP contribution in [0.4, 0.5) is 5.69 Å². The van der Waals surface area contributed by atoms with Crippen molar-refractivity contribution in [3.05, 3.63) is 63.6 Å². The van der Waals surface area contributed by atoms with Crippen LogP contribution in [0.3, 0.4) is 0 Å². The van der Waals surface area contributed by atoms with Crippen LogP contribution < -0.4 is 9.62 Å². The zero-order valence-electron chi connectivity index (χ0n) is 19.3. The number of rotatable bonds is 9. The summed E-state index contributed by atoms with van der Waals surface area (Å²) in [6.45, 7) is 6.80. The molecule has 1 unspecified atom stereocenters. The number of carbonyl (C=O) groups is 2. The number of sulfonamides is 1. The van der Waals surface area contributed by atoms with Gasteiger partial charge in [-0.25, -0.2) is 8.42 Å². The minimum atomic E-state index is -3.89. The Labute approximate surface area is 205 Å². The normalized spacial score (nSPS) is 12.4. The second kappa shape index (κ2) is 11.2. The predicted octanol–water partition coefficient (Wildman–Crippen LogP) is 4.01. The van der Waals surface area contributed by atoms with Crippen LogP contribution in [0.25, 0.3) is 0 Å². The fraction of sp³-hybridized carbons (Fsp3) is 0.391. The highest BCUT2D eigenvalue weighted by atomic mass is 35.5. The lowest BCUT2D eigenvalue weighted by Crippen LogP contribution is -2.52. The van der Waals surface area contributed by atoms with Gasteiger partial charge in [0.1, 0.15) is 12.6 Å². The van der Waals surface area contributed by atoms with Crippen LogP contribution >= 0.6 is 23.2 Å². The summed E-state index contributed by atoms with van der Waals surface area (Å²) < 4.78 is 26.0. The van der Waals surface area contributed by atoms with E-state index in [1.165, 1.54) is 23.1 Å². The van der Waals surface area contributed by atoms with Crippen LogP contribution in [0.15, 0.2) is 42.5 Å². The molecular weight excluding hydrogens is 485 g/mol. The smallest absolute Gasteiger partial charge is 0.244 e. The van der Waals surface area contributed by atoms with E-state index in [0.717, 1.165) is 21.7 Å². The second-order valence-corrected chi connectivity index (χ2v) is 11.0. The summed E-state index contributed by atoms with van der Waals surface area (Å²) in [5.74, 6) is -0.888. The van der Waals surface area contributed by atoms with Gasteiger partial charge >= 0.3 is 0 Å². The Morgan fingerprint density at radius 1 is 1.03 bits per heavy atom. The molecule has 0 aliphatic heterocycles. The molecule has 0 bridgehead atoms. The van der Waals surface area contributed by atoms with Gasteiger partial charge in [0.25, 0.3) is 0 Å². The number of anilines is 1. The highest BCUT2D eigenvalue weighted by molar-refractivity contribution is 7.92. The number of nitrogens with zero attached hydrogens (tertiary/aromatic N) is 2. The Morgan fingerprint density at radius 2 is 1.64 bits per heavy atom. The molecule has 1 atom stereocenters. The molecule has 0 aromatic heterocycles. The molecular formula is C23H29Cl2N3O4S. The van der Waals surface area contributed by atoms with E-state index in [1.54, 1.807) is 6.92 Å². The van der Waals surface area contributed by atoms with Gasteiger partial charge in [-0.3, -0.25) is 13.9 Å². The first-order chi connectivity index (χ1) is 15.3. The van der Waals surface area contributed by atoms with Gasteiger partial charge < -0.3 is 10.2 Å². The third kappa shape index (κ3) is 7.62. The molecule has 10 heteroatoms.